The number of nitriles is 1. The largest absolute Gasteiger partial charge is 0.333 e. The van der Waals surface area contributed by atoms with Gasteiger partial charge in [-0.15, -0.1) is 0 Å². The van der Waals surface area contributed by atoms with Crippen LogP contribution in [0.4, 0.5) is 4.79 Å². The van der Waals surface area contributed by atoms with Gasteiger partial charge in [-0.1, -0.05) is 20.8 Å². The molecule has 1 unspecified atom stereocenters. The van der Waals surface area contributed by atoms with Gasteiger partial charge in [0, 0.05) is 17.8 Å². The minimum atomic E-state index is -0.713. The summed E-state index contributed by atoms with van der Waals surface area (Å²) in [7, 11) is 0. The Balaban J connectivity index is 4.87. The molecule has 3 amide bonds. The van der Waals surface area contributed by atoms with Gasteiger partial charge >= 0.3 is 6.03 Å². The summed E-state index contributed by atoms with van der Waals surface area (Å²) in [6.45, 7) is 12.3. The molecule has 0 heterocycles. The molecule has 6 nitrogen and oxygen atoms in total. The minimum absolute atomic E-state index is 0.0745. The number of likely N-dealkylation sites (N-methyl/N-ethyl adjacent to an activating group) is 1. The number of amides is 3. The predicted molar refractivity (Wildman–Crippen MR) is 95.0 cm³/mol. The lowest BCUT2D eigenvalue weighted by molar-refractivity contribution is -0.129. The molecule has 0 bridgehead atoms. The molecule has 0 radical (unpaired) electrons. The van der Waals surface area contributed by atoms with Crippen LogP contribution >= 0.6 is 11.8 Å². The summed E-state index contributed by atoms with van der Waals surface area (Å²) in [6, 6.07) is -1.10. The van der Waals surface area contributed by atoms with Crippen molar-refractivity contribution >= 4 is 23.7 Å². The van der Waals surface area contributed by atoms with Gasteiger partial charge in [-0.25, -0.2) is 9.69 Å². The van der Waals surface area contributed by atoms with Crippen molar-refractivity contribution in [2.24, 2.45) is 5.41 Å². The van der Waals surface area contributed by atoms with Crippen LogP contribution in [-0.4, -0.2) is 47.0 Å². The SMILES string of the molecule is CCN(C#N)C(=O)C(CSC)NC(=O)NC(C)(C)CC(C)(C)C. The molecule has 0 aromatic carbocycles. The summed E-state index contributed by atoms with van der Waals surface area (Å²) in [6.07, 6.45) is 4.50. The van der Waals surface area contributed by atoms with Crippen molar-refractivity contribution in [3.8, 4) is 6.19 Å². The molecule has 132 valence electrons. The van der Waals surface area contributed by atoms with Crippen LogP contribution in [0.3, 0.4) is 0 Å². The molecule has 0 aromatic heterocycles. The number of urea groups is 1. The van der Waals surface area contributed by atoms with Gasteiger partial charge in [0.1, 0.15) is 6.04 Å². The number of thioether (sulfide) groups is 1. The Bertz CT molecular complexity index is 452. The molecule has 1 atom stereocenters. The van der Waals surface area contributed by atoms with E-state index in [4.69, 9.17) is 5.26 Å². The average molecular weight is 343 g/mol. The average Bonchev–Trinajstić information content (AvgIpc) is 2.35. The van der Waals surface area contributed by atoms with Crippen LogP contribution in [-0.2, 0) is 4.79 Å². The van der Waals surface area contributed by atoms with Gasteiger partial charge in [0.05, 0.1) is 0 Å². The van der Waals surface area contributed by atoms with E-state index in [0.717, 1.165) is 11.3 Å². The van der Waals surface area contributed by atoms with Gasteiger partial charge in [-0.2, -0.15) is 17.0 Å². The van der Waals surface area contributed by atoms with Crippen molar-refractivity contribution in [3.05, 3.63) is 0 Å². The highest BCUT2D eigenvalue weighted by Crippen LogP contribution is 2.26. The monoisotopic (exact) mass is 342 g/mol. The first-order valence-corrected chi connectivity index (χ1v) is 9.14. The molecule has 0 saturated carbocycles. The molecule has 0 aliphatic heterocycles. The van der Waals surface area contributed by atoms with E-state index in [2.05, 4.69) is 31.4 Å². The molecule has 0 spiro atoms. The maximum Gasteiger partial charge on any atom is 0.315 e. The van der Waals surface area contributed by atoms with Crippen molar-refractivity contribution < 1.29 is 9.59 Å². The predicted octanol–water partition coefficient (Wildman–Crippen LogP) is 2.56. The summed E-state index contributed by atoms with van der Waals surface area (Å²) < 4.78 is 0. The van der Waals surface area contributed by atoms with Crippen LogP contribution in [0, 0.1) is 16.9 Å². The van der Waals surface area contributed by atoms with E-state index in [1.807, 2.05) is 26.3 Å². The second kappa shape index (κ2) is 9.02. The topological polar surface area (TPSA) is 85.2 Å². The number of carbonyl (C=O) groups is 2. The van der Waals surface area contributed by atoms with Gasteiger partial charge in [-0.05, 0) is 38.9 Å². The number of rotatable bonds is 7. The third-order valence-corrected chi connectivity index (χ3v) is 3.73. The third-order valence-electron chi connectivity index (χ3n) is 3.06. The van der Waals surface area contributed by atoms with Gasteiger partial charge in [0.15, 0.2) is 6.19 Å². The quantitative estimate of drug-likeness (QED) is 0.550. The molecular formula is C16H30N4O2S. The Morgan fingerprint density at radius 1 is 1.26 bits per heavy atom. The molecule has 2 N–H and O–H groups in total. The maximum absolute atomic E-state index is 12.3. The fourth-order valence-corrected chi connectivity index (χ4v) is 3.24. The zero-order valence-electron chi connectivity index (χ0n) is 15.3. The standard InChI is InChI=1S/C16H30N4O2S/c1-8-20(11-17)13(21)12(9-23-7)18-14(22)19-16(5,6)10-15(2,3)4/h12H,8-10H2,1-7H3,(H2,18,19,22). The second-order valence-corrected chi connectivity index (χ2v) is 8.32. The highest BCUT2D eigenvalue weighted by atomic mass is 32.2. The van der Waals surface area contributed by atoms with E-state index in [0.29, 0.717) is 12.3 Å². The molecular weight excluding hydrogens is 312 g/mol. The lowest BCUT2D eigenvalue weighted by atomic mass is 9.82. The normalized spacial score (nSPS) is 13.0. The van der Waals surface area contributed by atoms with Crippen LogP contribution in [0.5, 0.6) is 0 Å². The lowest BCUT2D eigenvalue weighted by Gasteiger charge is -2.34. The molecule has 0 fully saturated rings. The van der Waals surface area contributed by atoms with Crippen LogP contribution in [0.15, 0.2) is 0 Å². The fourth-order valence-electron chi connectivity index (χ4n) is 2.68. The van der Waals surface area contributed by atoms with Crippen LogP contribution < -0.4 is 10.6 Å². The third kappa shape index (κ3) is 8.70. The Labute approximate surface area is 144 Å². The smallest absolute Gasteiger partial charge is 0.315 e. The maximum atomic E-state index is 12.3. The molecule has 0 saturated heterocycles. The van der Waals surface area contributed by atoms with Gasteiger partial charge in [0.25, 0.3) is 5.91 Å². The molecule has 0 aliphatic rings. The zero-order valence-corrected chi connectivity index (χ0v) is 16.1. The second-order valence-electron chi connectivity index (χ2n) is 7.41. The first-order chi connectivity index (χ1) is 10.5. The number of hydrogen-bond donors (Lipinski definition) is 2. The van der Waals surface area contributed by atoms with Crippen LogP contribution in [0.2, 0.25) is 0 Å². The Morgan fingerprint density at radius 3 is 2.22 bits per heavy atom. The first-order valence-electron chi connectivity index (χ1n) is 7.74. The lowest BCUT2D eigenvalue weighted by Crippen LogP contribution is -2.56. The summed E-state index contributed by atoms with van der Waals surface area (Å²) in [4.78, 5) is 25.6. The van der Waals surface area contributed by atoms with Crippen LogP contribution in [0.25, 0.3) is 0 Å². The summed E-state index contributed by atoms with van der Waals surface area (Å²) >= 11 is 1.45. The Hall–Kier alpha value is -1.42. The minimum Gasteiger partial charge on any atom is -0.333 e. The van der Waals surface area contributed by atoms with Crippen molar-refractivity contribution in [2.75, 3.05) is 18.6 Å². The van der Waals surface area contributed by atoms with E-state index < -0.39 is 11.6 Å². The van der Waals surface area contributed by atoms with E-state index in [1.165, 1.54) is 11.8 Å². The van der Waals surface area contributed by atoms with E-state index in [1.54, 1.807) is 6.92 Å². The first kappa shape index (κ1) is 21.6. The zero-order chi connectivity index (χ0) is 18.3. The van der Waals surface area contributed by atoms with Gasteiger partial charge in [0.2, 0.25) is 0 Å². The Morgan fingerprint density at radius 2 is 1.83 bits per heavy atom. The number of nitrogens with one attached hydrogen (secondary N) is 2. The number of carbonyl (C=O) groups excluding carboxylic acids is 2. The van der Waals surface area contributed by atoms with Crippen molar-refractivity contribution in [1.82, 2.24) is 15.5 Å². The molecule has 7 heteroatoms. The molecule has 23 heavy (non-hydrogen) atoms. The Kier molecular flexibility index (Phi) is 8.46. The summed E-state index contributed by atoms with van der Waals surface area (Å²) in [5, 5.41) is 14.6. The highest BCUT2D eigenvalue weighted by molar-refractivity contribution is 7.98. The van der Waals surface area contributed by atoms with Crippen molar-refractivity contribution in [3.63, 3.8) is 0 Å². The van der Waals surface area contributed by atoms with E-state index in [-0.39, 0.29) is 17.4 Å². The van der Waals surface area contributed by atoms with Gasteiger partial charge < -0.3 is 10.6 Å². The number of nitrogens with zero attached hydrogens (tertiary/aromatic N) is 2. The van der Waals surface area contributed by atoms with E-state index >= 15 is 0 Å². The van der Waals surface area contributed by atoms with Crippen molar-refractivity contribution in [1.29, 1.82) is 5.26 Å². The van der Waals surface area contributed by atoms with Crippen molar-refractivity contribution in [2.45, 2.75) is 59.5 Å². The van der Waals surface area contributed by atoms with Gasteiger partial charge in [-0.3, -0.25) is 4.79 Å². The highest BCUT2D eigenvalue weighted by Gasteiger charge is 2.30. The summed E-state index contributed by atoms with van der Waals surface area (Å²) in [5.41, 5.74) is -0.319. The van der Waals surface area contributed by atoms with E-state index in [9.17, 15) is 9.59 Å². The van der Waals surface area contributed by atoms with Crippen LogP contribution in [0.1, 0.15) is 48.0 Å². The number of hydrogen-bond acceptors (Lipinski definition) is 4. The summed E-state index contributed by atoms with van der Waals surface area (Å²) in [5.74, 6) is 0.0394. The molecule has 0 aliphatic carbocycles. The molecule has 0 rings (SSSR count). The fraction of sp³-hybridized carbons (Fsp3) is 0.812. The molecule has 0 aromatic rings.